The van der Waals surface area contributed by atoms with Crippen LogP contribution >= 0.6 is 0 Å². The van der Waals surface area contributed by atoms with E-state index in [2.05, 4.69) is 0 Å². The van der Waals surface area contributed by atoms with Crippen molar-refractivity contribution >= 4 is 0 Å². The van der Waals surface area contributed by atoms with Crippen LogP contribution in [0.4, 0.5) is 0 Å². The van der Waals surface area contributed by atoms with Crippen molar-refractivity contribution in [2.75, 3.05) is 13.2 Å². The van der Waals surface area contributed by atoms with Crippen molar-refractivity contribution in [2.24, 2.45) is 0 Å². The second-order valence-corrected chi connectivity index (χ2v) is 4.00. The van der Waals surface area contributed by atoms with E-state index >= 15 is 0 Å². The van der Waals surface area contributed by atoms with Gasteiger partial charge in [0.2, 0.25) is 0 Å². The molecule has 0 saturated heterocycles. The minimum absolute atomic E-state index is 0.0128. The van der Waals surface area contributed by atoms with E-state index in [-0.39, 0.29) is 5.43 Å². The largest absolute Gasteiger partial charge is 0.490 e. The van der Waals surface area contributed by atoms with Crippen LogP contribution in [0.25, 0.3) is 0 Å². The molecule has 4 nitrogen and oxygen atoms in total. The van der Waals surface area contributed by atoms with Gasteiger partial charge < -0.3 is 14.0 Å². The van der Waals surface area contributed by atoms with Gasteiger partial charge in [-0.15, -0.1) is 0 Å². The average Bonchev–Trinajstić information content (AvgIpc) is 2.43. The van der Waals surface area contributed by atoms with Crippen molar-refractivity contribution in [2.45, 2.75) is 13.5 Å². The summed E-state index contributed by atoms with van der Waals surface area (Å²) in [5, 5.41) is 0. The predicted molar refractivity (Wildman–Crippen MR) is 73.8 cm³/mol. The molecule has 0 N–H and O–H groups in total. The molecular weight excluding hydrogens is 242 g/mol. The first kappa shape index (κ1) is 13.2. The molecule has 0 aliphatic heterocycles. The zero-order chi connectivity index (χ0) is 13.5. The fraction of sp³-hybridized carbons (Fsp3) is 0.267. The fourth-order valence-electron chi connectivity index (χ4n) is 1.70. The number of hydrogen-bond donors (Lipinski definition) is 0. The Bertz CT molecular complexity index is 557. The summed E-state index contributed by atoms with van der Waals surface area (Å²) in [7, 11) is 0. The second-order valence-electron chi connectivity index (χ2n) is 4.00. The highest BCUT2D eigenvalue weighted by Gasteiger charge is 2.02. The lowest BCUT2D eigenvalue weighted by Gasteiger charge is -2.12. The minimum Gasteiger partial charge on any atom is -0.490 e. The smallest absolute Gasteiger partial charge is 0.181 e. The molecule has 0 aliphatic carbocycles. The summed E-state index contributed by atoms with van der Waals surface area (Å²) in [6, 6.07) is 10.7. The number of para-hydroxylation sites is 2. The van der Waals surface area contributed by atoms with Gasteiger partial charge in [-0.05, 0) is 19.1 Å². The van der Waals surface area contributed by atoms with Gasteiger partial charge in [0.15, 0.2) is 16.9 Å². The zero-order valence-electron chi connectivity index (χ0n) is 10.9. The molecule has 1 heterocycles. The Labute approximate surface area is 112 Å². The molecule has 0 radical (unpaired) electrons. The maximum absolute atomic E-state index is 11.0. The number of aromatic nitrogens is 1. The summed E-state index contributed by atoms with van der Waals surface area (Å²) in [6.45, 7) is 3.75. The molecule has 2 rings (SSSR count). The molecule has 1 aromatic heterocycles. The first-order valence-electron chi connectivity index (χ1n) is 6.30. The molecule has 0 fully saturated rings. The van der Waals surface area contributed by atoms with E-state index in [0.29, 0.717) is 19.8 Å². The molecule has 1 aromatic carbocycles. The highest BCUT2D eigenvalue weighted by atomic mass is 16.5. The van der Waals surface area contributed by atoms with Gasteiger partial charge in [-0.2, -0.15) is 0 Å². The van der Waals surface area contributed by atoms with E-state index in [1.165, 1.54) is 12.1 Å². The quantitative estimate of drug-likeness (QED) is 0.799. The van der Waals surface area contributed by atoms with Crippen LogP contribution < -0.4 is 14.9 Å². The monoisotopic (exact) mass is 259 g/mol. The summed E-state index contributed by atoms with van der Waals surface area (Å²) in [5.74, 6) is 1.50. The number of hydrogen-bond acceptors (Lipinski definition) is 3. The van der Waals surface area contributed by atoms with Gasteiger partial charge in [0.25, 0.3) is 0 Å². The molecule has 0 bridgehead atoms. The molecule has 2 aromatic rings. The third kappa shape index (κ3) is 3.88. The Morgan fingerprint density at radius 1 is 1.00 bits per heavy atom. The topological polar surface area (TPSA) is 40.5 Å². The summed E-state index contributed by atoms with van der Waals surface area (Å²) < 4.78 is 13.1. The molecule has 0 aliphatic rings. The lowest BCUT2D eigenvalue weighted by Crippen LogP contribution is -2.10. The lowest BCUT2D eigenvalue weighted by atomic mass is 10.3. The van der Waals surface area contributed by atoms with Crippen LogP contribution in [0.1, 0.15) is 6.92 Å². The number of benzene rings is 1. The summed E-state index contributed by atoms with van der Waals surface area (Å²) in [4.78, 5) is 11.0. The molecule has 4 heteroatoms. The van der Waals surface area contributed by atoms with Crippen LogP contribution in [0, 0.1) is 0 Å². The Balaban J connectivity index is 1.92. The van der Waals surface area contributed by atoms with Gasteiger partial charge in [-0.25, -0.2) is 0 Å². The van der Waals surface area contributed by atoms with E-state index in [0.717, 1.165) is 11.5 Å². The maximum atomic E-state index is 11.0. The maximum Gasteiger partial charge on any atom is 0.181 e. The SMILES string of the molecule is CCOc1ccccc1OCCn1ccc(=O)cc1. The van der Waals surface area contributed by atoms with Crippen LogP contribution in [-0.2, 0) is 6.54 Å². The van der Waals surface area contributed by atoms with Crippen LogP contribution in [0.15, 0.2) is 53.6 Å². The van der Waals surface area contributed by atoms with Crippen molar-refractivity contribution in [3.63, 3.8) is 0 Å². The van der Waals surface area contributed by atoms with Crippen LogP contribution in [-0.4, -0.2) is 17.8 Å². The van der Waals surface area contributed by atoms with Crippen molar-refractivity contribution in [3.05, 3.63) is 59.0 Å². The summed E-state index contributed by atoms with van der Waals surface area (Å²) in [6.07, 6.45) is 3.50. The van der Waals surface area contributed by atoms with Crippen molar-refractivity contribution < 1.29 is 9.47 Å². The van der Waals surface area contributed by atoms with Crippen molar-refractivity contribution in [1.82, 2.24) is 4.57 Å². The van der Waals surface area contributed by atoms with Crippen molar-refractivity contribution in [1.29, 1.82) is 0 Å². The normalized spacial score (nSPS) is 10.2. The number of rotatable bonds is 6. The minimum atomic E-state index is 0.0128. The zero-order valence-corrected chi connectivity index (χ0v) is 10.9. The fourth-order valence-corrected chi connectivity index (χ4v) is 1.70. The van der Waals surface area contributed by atoms with E-state index in [1.54, 1.807) is 12.4 Å². The molecule has 100 valence electrons. The molecule has 0 atom stereocenters. The Morgan fingerprint density at radius 3 is 2.26 bits per heavy atom. The number of nitrogens with zero attached hydrogens (tertiary/aromatic N) is 1. The standard InChI is InChI=1S/C15H17NO3/c1-2-18-14-5-3-4-6-15(14)19-12-11-16-9-7-13(17)8-10-16/h3-10H,2,11-12H2,1H3. The molecular formula is C15H17NO3. The highest BCUT2D eigenvalue weighted by Crippen LogP contribution is 2.26. The Kier molecular flexibility index (Phi) is 4.61. The highest BCUT2D eigenvalue weighted by molar-refractivity contribution is 5.39. The van der Waals surface area contributed by atoms with Gasteiger partial charge in [-0.3, -0.25) is 4.79 Å². The van der Waals surface area contributed by atoms with Crippen LogP contribution in [0.3, 0.4) is 0 Å². The van der Waals surface area contributed by atoms with E-state index in [9.17, 15) is 4.79 Å². The first-order chi connectivity index (χ1) is 9.29. The van der Waals surface area contributed by atoms with E-state index < -0.39 is 0 Å². The van der Waals surface area contributed by atoms with Gasteiger partial charge in [0.05, 0.1) is 13.2 Å². The molecule has 0 saturated carbocycles. The second kappa shape index (κ2) is 6.64. The molecule has 0 spiro atoms. The summed E-state index contributed by atoms with van der Waals surface area (Å²) >= 11 is 0. The average molecular weight is 259 g/mol. The van der Waals surface area contributed by atoms with E-state index in [1.807, 2.05) is 35.8 Å². The molecule has 0 amide bonds. The molecule has 19 heavy (non-hydrogen) atoms. The van der Waals surface area contributed by atoms with Gasteiger partial charge in [0, 0.05) is 24.5 Å². The Hall–Kier alpha value is -2.23. The van der Waals surface area contributed by atoms with Gasteiger partial charge in [0.1, 0.15) is 6.61 Å². The van der Waals surface area contributed by atoms with Crippen molar-refractivity contribution in [3.8, 4) is 11.5 Å². The number of ether oxygens (including phenoxy) is 2. The lowest BCUT2D eigenvalue weighted by molar-refractivity contribution is 0.266. The van der Waals surface area contributed by atoms with Crippen LogP contribution in [0.5, 0.6) is 11.5 Å². The predicted octanol–water partition coefficient (Wildman–Crippen LogP) is 2.33. The van der Waals surface area contributed by atoms with Gasteiger partial charge in [-0.1, -0.05) is 12.1 Å². The third-order valence-electron chi connectivity index (χ3n) is 2.62. The number of pyridine rings is 1. The van der Waals surface area contributed by atoms with Gasteiger partial charge >= 0.3 is 0 Å². The van der Waals surface area contributed by atoms with E-state index in [4.69, 9.17) is 9.47 Å². The van der Waals surface area contributed by atoms with Crippen LogP contribution in [0.2, 0.25) is 0 Å². The molecule has 0 unspecified atom stereocenters. The first-order valence-corrected chi connectivity index (χ1v) is 6.30. The summed E-state index contributed by atoms with van der Waals surface area (Å²) in [5.41, 5.74) is 0.0128. The Morgan fingerprint density at radius 2 is 1.63 bits per heavy atom. The third-order valence-corrected chi connectivity index (χ3v) is 2.62.